The Kier molecular flexibility index (Phi) is 7.13. The molecule has 6 heteroatoms. The van der Waals surface area contributed by atoms with E-state index in [4.69, 9.17) is 0 Å². The number of ketones is 1. The van der Waals surface area contributed by atoms with E-state index in [1.807, 2.05) is 6.92 Å². The predicted molar refractivity (Wildman–Crippen MR) is 115 cm³/mol. The van der Waals surface area contributed by atoms with Crippen LogP contribution in [-0.2, 0) is 4.79 Å². The standard InChI is InChI=1S/C15H12FNO2.C10H11FO/c16-11-3-5-12(6-4-11)17-14(9-15(17)19)10-1-7-13(18)8-2-10;1-2-3-10(12)8-4-6-9(11)7-5-8/h1-8,14,18H,9H2;4-7H,2-3H2,1H3. The highest BCUT2D eigenvalue weighted by Crippen LogP contribution is 2.39. The summed E-state index contributed by atoms with van der Waals surface area (Å²) in [5.74, 6) is -0.328. The maximum Gasteiger partial charge on any atom is 0.230 e. The van der Waals surface area contributed by atoms with Gasteiger partial charge in [0.15, 0.2) is 5.78 Å². The Morgan fingerprint density at radius 2 is 1.48 bits per heavy atom. The molecule has 1 aliphatic heterocycles. The lowest BCUT2D eigenvalue weighted by atomic mass is 9.93. The molecule has 1 amide bonds. The van der Waals surface area contributed by atoms with Crippen molar-refractivity contribution >= 4 is 17.4 Å². The van der Waals surface area contributed by atoms with Gasteiger partial charge in [0.1, 0.15) is 17.4 Å². The number of hydrogen-bond donors (Lipinski definition) is 1. The lowest BCUT2D eigenvalue weighted by Gasteiger charge is -2.40. The molecule has 1 unspecified atom stereocenters. The number of phenolic OH excluding ortho intramolecular Hbond substituents is 1. The predicted octanol–water partition coefficient (Wildman–Crippen LogP) is 5.82. The molecule has 0 aromatic heterocycles. The van der Waals surface area contributed by atoms with Gasteiger partial charge in [0.05, 0.1) is 12.5 Å². The molecular weight excluding hydrogens is 400 g/mol. The average Bonchev–Trinajstić information content (AvgIpc) is 2.75. The molecule has 1 N–H and O–H groups in total. The normalized spacial score (nSPS) is 15.0. The molecule has 1 saturated heterocycles. The van der Waals surface area contributed by atoms with Crippen LogP contribution in [0.15, 0.2) is 72.8 Å². The van der Waals surface area contributed by atoms with Crippen molar-refractivity contribution in [1.29, 1.82) is 0 Å². The van der Waals surface area contributed by atoms with Crippen LogP contribution in [0.2, 0.25) is 0 Å². The third-order valence-electron chi connectivity index (χ3n) is 4.97. The molecule has 0 bridgehead atoms. The first-order valence-electron chi connectivity index (χ1n) is 10.0. The molecule has 31 heavy (non-hydrogen) atoms. The Morgan fingerprint density at radius 1 is 0.935 bits per heavy atom. The van der Waals surface area contributed by atoms with Crippen LogP contribution in [-0.4, -0.2) is 16.8 Å². The van der Waals surface area contributed by atoms with Gasteiger partial charge in [-0.15, -0.1) is 0 Å². The number of rotatable bonds is 5. The highest BCUT2D eigenvalue weighted by Gasteiger charge is 2.38. The highest BCUT2D eigenvalue weighted by atomic mass is 19.1. The van der Waals surface area contributed by atoms with Crippen LogP contribution in [0, 0.1) is 11.6 Å². The van der Waals surface area contributed by atoms with Gasteiger partial charge >= 0.3 is 0 Å². The summed E-state index contributed by atoms with van der Waals surface area (Å²) in [6.07, 6.45) is 1.80. The number of carbonyl (C=O) groups is 2. The van der Waals surface area contributed by atoms with Crippen molar-refractivity contribution < 1.29 is 23.5 Å². The molecule has 1 fully saturated rings. The van der Waals surface area contributed by atoms with Gasteiger partial charge in [0.2, 0.25) is 5.91 Å². The van der Waals surface area contributed by atoms with Crippen LogP contribution < -0.4 is 4.90 Å². The van der Waals surface area contributed by atoms with E-state index >= 15 is 0 Å². The van der Waals surface area contributed by atoms with E-state index in [9.17, 15) is 23.5 Å². The zero-order valence-electron chi connectivity index (χ0n) is 17.1. The first kappa shape index (κ1) is 22.2. The average molecular weight is 423 g/mol. The molecule has 1 atom stereocenters. The number of halogens is 2. The number of anilines is 1. The van der Waals surface area contributed by atoms with Gasteiger partial charge < -0.3 is 10.0 Å². The lowest BCUT2D eigenvalue weighted by Crippen LogP contribution is -2.46. The number of amides is 1. The van der Waals surface area contributed by atoms with Crippen LogP contribution >= 0.6 is 0 Å². The molecule has 160 valence electrons. The summed E-state index contributed by atoms with van der Waals surface area (Å²) in [6, 6.07) is 18.3. The van der Waals surface area contributed by atoms with Crippen molar-refractivity contribution in [3.63, 3.8) is 0 Å². The van der Waals surface area contributed by atoms with Gasteiger partial charge in [0.25, 0.3) is 0 Å². The zero-order chi connectivity index (χ0) is 22.4. The van der Waals surface area contributed by atoms with Crippen molar-refractivity contribution in [3.05, 3.63) is 95.6 Å². The van der Waals surface area contributed by atoms with E-state index in [-0.39, 0.29) is 35.1 Å². The Labute approximate surface area is 179 Å². The van der Waals surface area contributed by atoms with E-state index in [2.05, 4.69) is 0 Å². The number of aromatic hydroxyl groups is 1. The Balaban J connectivity index is 0.000000196. The van der Waals surface area contributed by atoms with Crippen LogP contribution in [0.3, 0.4) is 0 Å². The van der Waals surface area contributed by atoms with Crippen molar-refractivity contribution in [1.82, 2.24) is 0 Å². The number of β-lactam (4-membered cyclic amide) rings is 1. The van der Waals surface area contributed by atoms with Crippen molar-refractivity contribution in [2.24, 2.45) is 0 Å². The van der Waals surface area contributed by atoms with Crippen LogP contribution in [0.4, 0.5) is 14.5 Å². The molecule has 0 radical (unpaired) electrons. The van der Waals surface area contributed by atoms with Gasteiger partial charge in [-0.2, -0.15) is 0 Å². The van der Waals surface area contributed by atoms with Gasteiger partial charge in [-0.3, -0.25) is 9.59 Å². The Bertz CT molecular complexity index is 1030. The molecule has 1 heterocycles. The van der Waals surface area contributed by atoms with E-state index in [0.29, 0.717) is 24.1 Å². The number of phenols is 1. The van der Waals surface area contributed by atoms with Crippen LogP contribution in [0.5, 0.6) is 5.75 Å². The maximum absolute atomic E-state index is 12.9. The topological polar surface area (TPSA) is 57.6 Å². The summed E-state index contributed by atoms with van der Waals surface area (Å²) in [6.45, 7) is 1.95. The van der Waals surface area contributed by atoms with Gasteiger partial charge in [0, 0.05) is 17.7 Å². The quantitative estimate of drug-likeness (QED) is 0.416. The smallest absolute Gasteiger partial charge is 0.230 e. The van der Waals surface area contributed by atoms with E-state index in [1.165, 1.54) is 36.4 Å². The molecular formula is C25H23F2NO3. The minimum Gasteiger partial charge on any atom is -0.508 e. The van der Waals surface area contributed by atoms with E-state index in [1.54, 1.807) is 41.3 Å². The van der Waals surface area contributed by atoms with E-state index in [0.717, 1.165) is 12.0 Å². The summed E-state index contributed by atoms with van der Waals surface area (Å²) < 4.78 is 25.3. The third kappa shape index (κ3) is 5.54. The maximum atomic E-state index is 12.9. The summed E-state index contributed by atoms with van der Waals surface area (Å²) in [4.78, 5) is 24.6. The Hall–Kier alpha value is -3.54. The fraction of sp³-hybridized carbons (Fsp3) is 0.200. The molecule has 1 aliphatic rings. The summed E-state index contributed by atoms with van der Waals surface area (Å²) in [5, 5.41) is 9.27. The van der Waals surface area contributed by atoms with Crippen LogP contribution in [0.25, 0.3) is 0 Å². The van der Waals surface area contributed by atoms with Crippen LogP contribution in [0.1, 0.15) is 48.1 Å². The van der Waals surface area contributed by atoms with Gasteiger partial charge in [-0.1, -0.05) is 19.1 Å². The number of carbonyl (C=O) groups excluding carboxylic acids is 2. The minimum absolute atomic E-state index is 0.0182. The molecule has 3 aromatic rings. The molecule has 0 saturated carbocycles. The highest BCUT2D eigenvalue weighted by molar-refractivity contribution is 6.01. The minimum atomic E-state index is -0.321. The largest absolute Gasteiger partial charge is 0.508 e. The molecule has 4 rings (SSSR count). The first-order chi connectivity index (χ1) is 14.9. The summed E-state index contributed by atoms with van der Waals surface area (Å²) in [5.41, 5.74) is 2.25. The molecule has 3 aromatic carbocycles. The van der Waals surface area contributed by atoms with Gasteiger partial charge in [-0.05, 0) is 72.6 Å². The van der Waals surface area contributed by atoms with E-state index < -0.39 is 0 Å². The summed E-state index contributed by atoms with van der Waals surface area (Å²) in [7, 11) is 0. The molecule has 0 aliphatic carbocycles. The first-order valence-corrected chi connectivity index (χ1v) is 10.0. The molecule has 4 nitrogen and oxygen atoms in total. The van der Waals surface area contributed by atoms with Gasteiger partial charge in [-0.25, -0.2) is 8.78 Å². The second kappa shape index (κ2) is 9.98. The third-order valence-corrected chi connectivity index (χ3v) is 4.97. The Morgan fingerprint density at radius 3 is 2.00 bits per heavy atom. The van der Waals surface area contributed by atoms with Crippen molar-refractivity contribution in [3.8, 4) is 5.75 Å². The second-order valence-electron chi connectivity index (χ2n) is 7.23. The zero-order valence-corrected chi connectivity index (χ0v) is 17.1. The monoisotopic (exact) mass is 423 g/mol. The SMILES string of the molecule is CCCC(=O)c1ccc(F)cc1.O=C1CC(c2ccc(O)cc2)N1c1ccc(F)cc1. The molecule has 0 spiro atoms. The lowest BCUT2D eigenvalue weighted by molar-refractivity contribution is -0.124. The summed E-state index contributed by atoms with van der Waals surface area (Å²) >= 11 is 0. The number of hydrogen-bond acceptors (Lipinski definition) is 3. The number of nitrogens with zero attached hydrogens (tertiary/aromatic N) is 1. The fourth-order valence-electron chi connectivity index (χ4n) is 3.31. The second-order valence-corrected chi connectivity index (χ2v) is 7.23. The van der Waals surface area contributed by atoms with Crippen molar-refractivity contribution in [2.45, 2.75) is 32.2 Å². The fourth-order valence-corrected chi connectivity index (χ4v) is 3.31. The number of Topliss-reactive ketones (excluding diaryl/α,β-unsaturated/α-hetero) is 1. The number of benzene rings is 3. The van der Waals surface area contributed by atoms with Crippen molar-refractivity contribution in [2.75, 3.05) is 4.90 Å².